The van der Waals surface area contributed by atoms with Crippen molar-refractivity contribution < 1.29 is 17.2 Å². The molecule has 1 rings (SSSR count). The Morgan fingerprint density at radius 2 is 1.48 bits per heavy atom. The molecule has 0 amide bonds. The molecule has 1 aromatic carbocycles. The highest BCUT2D eigenvalue weighted by molar-refractivity contribution is 7.91. The predicted octanol–water partition coefficient (Wildman–Crippen LogP) is 4.02. The number of sulfone groups is 1. The number of anilines is 1. The lowest BCUT2D eigenvalue weighted by Crippen LogP contribution is -2.24. The van der Waals surface area contributed by atoms with E-state index in [4.69, 9.17) is 0 Å². The Labute approximate surface area is 125 Å². The Morgan fingerprint density at radius 3 is 1.86 bits per heavy atom. The van der Waals surface area contributed by atoms with Crippen LogP contribution in [-0.2, 0) is 9.84 Å². The Hall–Kier alpha value is -1.17. The van der Waals surface area contributed by atoms with Crippen molar-refractivity contribution in [1.82, 2.24) is 0 Å². The zero-order chi connectivity index (χ0) is 16.2. The van der Waals surface area contributed by atoms with Gasteiger partial charge in [-0.2, -0.15) is 8.78 Å². The molecule has 0 fully saturated rings. The molecule has 0 saturated carbocycles. The average Bonchev–Trinajstić information content (AvgIpc) is 2.38. The van der Waals surface area contributed by atoms with Gasteiger partial charge in [-0.05, 0) is 42.0 Å². The number of hydrogen-bond acceptors (Lipinski definition) is 3. The molecule has 1 aromatic rings. The van der Waals surface area contributed by atoms with Crippen LogP contribution in [0.3, 0.4) is 0 Å². The minimum absolute atomic E-state index is 0.354. The number of nitrogens with one attached hydrogen (secondary N) is 1. The topological polar surface area (TPSA) is 46.2 Å². The molecule has 0 heterocycles. The Kier molecular flexibility index (Phi) is 6.13. The predicted molar refractivity (Wildman–Crippen MR) is 81.3 cm³/mol. The third-order valence-electron chi connectivity index (χ3n) is 3.67. The van der Waals surface area contributed by atoms with Gasteiger partial charge in [-0.15, -0.1) is 0 Å². The molecule has 21 heavy (non-hydrogen) atoms. The lowest BCUT2D eigenvalue weighted by Gasteiger charge is -2.25. The summed E-state index contributed by atoms with van der Waals surface area (Å²) in [6.45, 7) is 9.39. The van der Waals surface area contributed by atoms with E-state index in [9.17, 15) is 17.2 Å². The van der Waals surface area contributed by atoms with Crippen LogP contribution in [0.4, 0.5) is 14.5 Å². The SMILES string of the molecule is CC(C)C(CNc1ccc(S(=O)(=O)C(F)F)cc1)C(C)C. The van der Waals surface area contributed by atoms with Gasteiger partial charge < -0.3 is 5.32 Å². The van der Waals surface area contributed by atoms with Crippen LogP contribution in [0.2, 0.25) is 0 Å². The first-order valence-corrected chi connectivity index (χ1v) is 8.57. The monoisotopic (exact) mass is 319 g/mol. The second-order valence-electron chi connectivity index (χ2n) is 5.86. The summed E-state index contributed by atoms with van der Waals surface area (Å²) in [6, 6.07) is 5.47. The van der Waals surface area contributed by atoms with E-state index in [1.165, 1.54) is 24.3 Å². The molecule has 6 heteroatoms. The highest BCUT2D eigenvalue weighted by Crippen LogP contribution is 2.23. The van der Waals surface area contributed by atoms with Crippen LogP contribution in [0.5, 0.6) is 0 Å². The molecule has 0 aliphatic rings. The van der Waals surface area contributed by atoms with Crippen LogP contribution in [0.25, 0.3) is 0 Å². The fraction of sp³-hybridized carbons (Fsp3) is 0.600. The summed E-state index contributed by atoms with van der Waals surface area (Å²) in [5, 5.41) is 3.23. The molecule has 0 bridgehead atoms. The zero-order valence-electron chi connectivity index (χ0n) is 12.8. The van der Waals surface area contributed by atoms with Gasteiger partial charge in [0.2, 0.25) is 9.84 Å². The minimum Gasteiger partial charge on any atom is -0.385 e. The largest absolute Gasteiger partial charge is 0.385 e. The van der Waals surface area contributed by atoms with Crippen molar-refractivity contribution in [3.8, 4) is 0 Å². The molecule has 0 aromatic heterocycles. The van der Waals surface area contributed by atoms with E-state index in [1.54, 1.807) is 0 Å². The average molecular weight is 319 g/mol. The highest BCUT2D eigenvalue weighted by Gasteiger charge is 2.26. The van der Waals surface area contributed by atoms with Crippen molar-refractivity contribution in [3.63, 3.8) is 0 Å². The van der Waals surface area contributed by atoms with Gasteiger partial charge in [0.05, 0.1) is 4.90 Å². The second-order valence-corrected chi connectivity index (χ2v) is 7.78. The van der Waals surface area contributed by atoms with Crippen LogP contribution in [0.1, 0.15) is 27.7 Å². The number of halogens is 2. The maximum atomic E-state index is 12.4. The van der Waals surface area contributed by atoms with E-state index < -0.39 is 15.6 Å². The van der Waals surface area contributed by atoms with Crippen molar-refractivity contribution >= 4 is 15.5 Å². The van der Waals surface area contributed by atoms with Crippen LogP contribution in [-0.4, -0.2) is 20.7 Å². The number of benzene rings is 1. The summed E-state index contributed by atoms with van der Waals surface area (Å²) in [7, 11) is -4.51. The van der Waals surface area contributed by atoms with Gasteiger partial charge in [-0.25, -0.2) is 8.42 Å². The van der Waals surface area contributed by atoms with Crippen LogP contribution in [0, 0.1) is 17.8 Å². The fourth-order valence-electron chi connectivity index (χ4n) is 2.34. The molecule has 0 unspecified atom stereocenters. The van der Waals surface area contributed by atoms with E-state index in [2.05, 4.69) is 33.0 Å². The van der Waals surface area contributed by atoms with Crippen molar-refractivity contribution in [2.75, 3.05) is 11.9 Å². The van der Waals surface area contributed by atoms with Crippen LogP contribution < -0.4 is 5.32 Å². The van der Waals surface area contributed by atoms with Gasteiger partial charge in [0.25, 0.3) is 0 Å². The normalized spacial score (nSPS) is 12.7. The summed E-state index contributed by atoms with van der Waals surface area (Å²) in [5.41, 5.74) is 0.731. The van der Waals surface area contributed by atoms with E-state index in [-0.39, 0.29) is 4.90 Å². The van der Waals surface area contributed by atoms with Gasteiger partial charge in [-0.3, -0.25) is 0 Å². The summed E-state index contributed by atoms with van der Waals surface area (Å²) in [5.74, 6) is -1.86. The molecule has 0 spiro atoms. The summed E-state index contributed by atoms with van der Waals surface area (Å²) < 4.78 is 47.5. The Morgan fingerprint density at radius 1 is 1.00 bits per heavy atom. The standard InChI is InChI=1S/C15H23F2NO2S/c1-10(2)14(11(3)4)9-18-12-5-7-13(8-6-12)21(19,20)15(16)17/h5-8,10-11,14-15,18H,9H2,1-4H3. The molecule has 0 aliphatic heterocycles. The smallest absolute Gasteiger partial charge is 0.341 e. The third-order valence-corrected chi connectivity index (χ3v) is 5.07. The number of hydrogen-bond donors (Lipinski definition) is 1. The van der Waals surface area contributed by atoms with Gasteiger partial charge in [0.15, 0.2) is 0 Å². The first kappa shape index (κ1) is 17.9. The van der Waals surface area contributed by atoms with Gasteiger partial charge in [0.1, 0.15) is 0 Å². The lowest BCUT2D eigenvalue weighted by molar-refractivity contribution is 0.234. The second kappa shape index (κ2) is 7.20. The van der Waals surface area contributed by atoms with Crippen LogP contribution >= 0.6 is 0 Å². The van der Waals surface area contributed by atoms with E-state index in [0.717, 1.165) is 12.2 Å². The number of rotatable bonds is 7. The molecule has 0 radical (unpaired) electrons. The fourth-order valence-corrected chi connectivity index (χ4v) is 3.06. The molecule has 0 atom stereocenters. The molecule has 0 aliphatic carbocycles. The lowest BCUT2D eigenvalue weighted by atomic mass is 9.85. The summed E-state index contributed by atoms with van der Waals surface area (Å²) >= 11 is 0. The molecular weight excluding hydrogens is 296 g/mol. The van der Waals surface area contributed by atoms with E-state index in [1.807, 2.05) is 0 Å². The van der Waals surface area contributed by atoms with Gasteiger partial charge in [0, 0.05) is 12.2 Å². The number of alkyl halides is 2. The molecule has 0 saturated heterocycles. The van der Waals surface area contributed by atoms with Crippen molar-refractivity contribution in [1.29, 1.82) is 0 Å². The maximum absolute atomic E-state index is 12.4. The zero-order valence-corrected chi connectivity index (χ0v) is 13.6. The molecular formula is C15H23F2NO2S. The third kappa shape index (κ3) is 4.66. The van der Waals surface area contributed by atoms with Gasteiger partial charge in [-0.1, -0.05) is 27.7 Å². The van der Waals surface area contributed by atoms with E-state index in [0.29, 0.717) is 17.8 Å². The maximum Gasteiger partial charge on any atom is 0.341 e. The van der Waals surface area contributed by atoms with Crippen molar-refractivity contribution in [2.24, 2.45) is 17.8 Å². The first-order chi connectivity index (χ1) is 9.66. The molecule has 1 N–H and O–H groups in total. The Bertz CT molecular complexity index is 531. The molecule has 120 valence electrons. The molecule has 3 nitrogen and oxygen atoms in total. The quantitative estimate of drug-likeness (QED) is 0.825. The van der Waals surface area contributed by atoms with E-state index >= 15 is 0 Å². The van der Waals surface area contributed by atoms with Crippen molar-refractivity contribution in [3.05, 3.63) is 24.3 Å². The summed E-state index contributed by atoms with van der Waals surface area (Å²) in [4.78, 5) is -0.354. The first-order valence-electron chi connectivity index (χ1n) is 7.02. The van der Waals surface area contributed by atoms with Gasteiger partial charge >= 0.3 is 5.76 Å². The minimum atomic E-state index is -4.51. The summed E-state index contributed by atoms with van der Waals surface area (Å²) in [6.07, 6.45) is 0. The van der Waals surface area contributed by atoms with Crippen molar-refractivity contribution in [2.45, 2.75) is 38.3 Å². The highest BCUT2D eigenvalue weighted by atomic mass is 32.2. The Balaban J connectivity index is 2.76. The van der Waals surface area contributed by atoms with Crippen LogP contribution in [0.15, 0.2) is 29.2 Å².